The van der Waals surface area contributed by atoms with Crippen LogP contribution < -0.4 is 10.0 Å². The molecule has 0 saturated heterocycles. The number of benzene rings is 2. The van der Waals surface area contributed by atoms with Crippen molar-refractivity contribution in [3.05, 3.63) is 65.7 Å². The van der Waals surface area contributed by atoms with Crippen LogP contribution in [-0.4, -0.2) is 46.9 Å². The van der Waals surface area contributed by atoms with Crippen molar-refractivity contribution in [2.45, 2.75) is 10.9 Å². The van der Waals surface area contributed by atoms with Crippen LogP contribution >= 0.6 is 0 Å². The highest BCUT2D eigenvalue weighted by atomic mass is 32.2. The van der Waals surface area contributed by atoms with E-state index in [-0.39, 0.29) is 16.8 Å². The molecule has 7 heteroatoms. The highest BCUT2D eigenvalue weighted by Crippen LogP contribution is 2.17. The van der Waals surface area contributed by atoms with Crippen LogP contribution in [0.1, 0.15) is 22.0 Å². The molecule has 0 heterocycles. The number of carbonyl (C=O) groups is 1. The van der Waals surface area contributed by atoms with Crippen LogP contribution in [0.2, 0.25) is 0 Å². The lowest BCUT2D eigenvalue weighted by Gasteiger charge is -2.25. The van der Waals surface area contributed by atoms with E-state index in [9.17, 15) is 13.2 Å². The minimum Gasteiger partial charge on any atom is -0.350 e. The maximum atomic E-state index is 12.3. The summed E-state index contributed by atoms with van der Waals surface area (Å²) in [6.45, 7) is 0.451. The van der Waals surface area contributed by atoms with Gasteiger partial charge in [0.05, 0.1) is 10.9 Å². The van der Waals surface area contributed by atoms with Gasteiger partial charge in [-0.3, -0.25) is 4.79 Å². The van der Waals surface area contributed by atoms with Crippen molar-refractivity contribution in [1.29, 1.82) is 0 Å². The van der Waals surface area contributed by atoms with Crippen molar-refractivity contribution >= 4 is 15.9 Å². The monoisotopic (exact) mass is 361 g/mol. The molecule has 0 spiro atoms. The summed E-state index contributed by atoms with van der Waals surface area (Å²) in [5, 5.41) is 2.91. The second-order valence-corrected chi connectivity index (χ2v) is 7.72. The largest absolute Gasteiger partial charge is 0.350 e. The normalized spacial score (nSPS) is 12.8. The number of rotatable bonds is 7. The molecule has 0 bridgehead atoms. The van der Waals surface area contributed by atoms with Crippen LogP contribution in [-0.2, 0) is 10.0 Å². The van der Waals surface area contributed by atoms with Gasteiger partial charge in [-0.25, -0.2) is 13.1 Å². The molecule has 6 nitrogen and oxygen atoms in total. The lowest BCUT2D eigenvalue weighted by Crippen LogP contribution is -2.34. The summed E-state index contributed by atoms with van der Waals surface area (Å²) in [4.78, 5) is 14.5. The minimum absolute atomic E-state index is 0.0501. The van der Waals surface area contributed by atoms with Crippen LogP contribution in [0, 0.1) is 0 Å². The summed E-state index contributed by atoms with van der Waals surface area (Å²) in [6, 6.07) is 15.8. The number of nitrogens with zero attached hydrogens (tertiary/aromatic N) is 1. The predicted octanol–water partition coefficient (Wildman–Crippen LogP) is 1.63. The second kappa shape index (κ2) is 8.24. The smallest absolute Gasteiger partial charge is 0.251 e. The summed E-state index contributed by atoms with van der Waals surface area (Å²) >= 11 is 0. The van der Waals surface area contributed by atoms with Crippen molar-refractivity contribution < 1.29 is 13.2 Å². The molecule has 1 atom stereocenters. The van der Waals surface area contributed by atoms with E-state index < -0.39 is 10.0 Å². The number of hydrogen-bond acceptors (Lipinski definition) is 4. The first-order valence-corrected chi connectivity index (χ1v) is 9.36. The van der Waals surface area contributed by atoms with Gasteiger partial charge in [-0.15, -0.1) is 0 Å². The molecule has 2 rings (SSSR count). The second-order valence-electron chi connectivity index (χ2n) is 5.83. The fraction of sp³-hybridized carbons (Fsp3) is 0.278. The topological polar surface area (TPSA) is 78.5 Å². The fourth-order valence-electron chi connectivity index (χ4n) is 2.47. The molecule has 0 aliphatic carbocycles. The molecule has 1 unspecified atom stereocenters. The van der Waals surface area contributed by atoms with Gasteiger partial charge in [0.15, 0.2) is 0 Å². The van der Waals surface area contributed by atoms with Gasteiger partial charge >= 0.3 is 0 Å². The van der Waals surface area contributed by atoms with Gasteiger partial charge in [-0.1, -0.05) is 30.3 Å². The van der Waals surface area contributed by atoms with Gasteiger partial charge in [-0.05, 0) is 51.0 Å². The Kier molecular flexibility index (Phi) is 6.30. The summed E-state index contributed by atoms with van der Waals surface area (Å²) < 4.78 is 25.7. The van der Waals surface area contributed by atoms with E-state index in [1.165, 1.54) is 31.3 Å². The average molecular weight is 361 g/mol. The Morgan fingerprint density at radius 1 is 1.04 bits per heavy atom. The van der Waals surface area contributed by atoms with Gasteiger partial charge < -0.3 is 10.2 Å². The number of sulfonamides is 1. The van der Waals surface area contributed by atoms with Crippen LogP contribution in [0.3, 0.4) is 0 Å². The Bertz CT molecular complexity index is 803. The molecule has 2 N–H and O–H groups in total. The van der Waals surface area contributed by atoms with Gasteiger partial charge in [-0.2, -0.15) is 0 Å². The molecule has 0 aliphatic rings. The van der Waals surface area contributed by atoms with E-state index in [0.29, 0.717) is 12.1 Å². The third kappa shape index (κ3) is 4.88. The van der Waals surface area contributed by atoms with Gasteiger partial charge in [0.2, 0.25) is 10.0 Å². The molecule has 0 radical (unpaired) electrons. The first-order chi connectivity index (χ1) is 11.8. The van der Waals surface area contributed by atoms with E-state index in [1.54, 1.807) is 0 Å². The van der Waals surface area contributed by atoms with Crippen LogP contribution in [0.5, 0.6) is 0 Å². The third-order valence-corrected chi connectivity index (χ3v) is 5.39. The van der Waals surface area contributed by atoms with E-state index >= 15 is 0 Å². The lowest BCUT2D eigenvalue weighted by molar-refractivity contribution is 0.0942. The molecule has 2 aromatic carbocycles. The molecule has 25 heavy (non-hydrogen) atoms. The van der Waals surface area contributed by atoms with E-state index in [4.69, 9.17) is 0 Å². The van der Waals surface area contributed by atoms with Gasteiger partial charge in [0.1, 0.15) is 0 Å². The molecular formula is C18H23N3O3S. The third-order valence-electron chi connectivity index (χ3n) is 3.96. The summed E-state index contributed by atoms with van der Waals surface area (Å²) in [7, 11) is 1.77. The van der Waals surface area contributed by atoms with Crippen molar-refractivity contribution in [2.75, 3.05) is 27.7 Å². The average Bonchev–Trinajstić information content (AvgIpc) is 2.62. The highest BCUT2D eigenvalue weighted by molar-refractivity contribution is 7.89. The quantitative estimate of drug-likeness (QED) is 0.786. The first-order valence-electron chi connectivity index (χ1n) is 7.88. The van der Waals surface area contributed by atoms with E-state index in [1.807, 2.05) is 49.3 Å². The molecule has 1 amide bonds. The molecule has 0 fully saturated rings. The summed E-state index contributed by atoms with van der Waals surface area (Å²) in [5.41, 5.74) is 1.53. The maximum Gasteiger partial charge on any atom is 0.251 e. The van der Waals surface area contributed by atoms with Crippen LogP contribution in [0.4, 0.5) is 0 Å². The van der Waals surface area contributed by atoms with Gasteiger partial charge in [0, 0.05) is 12.1 Å². The van der Waals surface area contributed by atoms with E-state index in [0.717, 1.165) is 5.56 Å². The molecule has 2 aromatic rings. The Hall–Kier alpha value is -2.22. The Morgan fingerprint density at radius 3 is 2.16 bits per heavy atom. The highest BCUT2D eigenvalue weighted by Gasteiger charge is 2.16. The van der Waals surface area contributed by atoms with Crippen molar-refractivity contribution in [3.8, 4) is 0 Å². The van der Waals surface area contributed by atoms with Crippen molar-refractivity contribution in [3.63, 3.8) is 0 Å². The first kappa shape index (κ1) is 19.1. The lowest BCUT2D eigenvalue weighted by atomic mass is 10.1. The van der Waals surface area contributed by atoms with Crippen molar-refractivity contribution in [1.82, 2.24) is 14.9 Å². The van der Waals surface area contributed by atoms with Crippen LogP contribution in [0.15, 0.2) is 59.5 Å². The molecule has 0 aliphatic heterocycles. The summed E-state index contributed by atoms with van der Waals surface area (Å²) in [5.74, 6) is -0.240. The number of carbonyl (C=O) groups excluding carboxylic acids is 1. The number of hydrogen-bond donors (Lipinski definition) is 2. The fourth-order valence-corrected chi connectivity index (χ4v) is 3.20. The Morgan fingerprint density at radius 2 is 1.64 bits per heavy atom. The number of likely N-dealkylation sites (N-methyl/N-ethyl adjacent to an activating group) is 1. The van der Waals surface area contributed by atoms with E-state index in [2.05, 4.69) is 10.0 Å². The van der Waals surface area contributed by atoms with Gasteiger partial charge in [0.25, 0.3) is 5.91 Å². The SMILES string of the molecule is CNS(=O)(=O)c1ccc(C(=O)NCC(c2ccccc2)N(C)C)cc1. The Balaban J connectivity index is 2.06. The zero-order chi connectivity index (χ0) is 18.4. The zero-order valence-corrected chi connectivity index (χ0v) is 15.4. The van der Waals surface area contributed by atoms with Crippen LogP contribution in [0.25, 0.3) is 0 Å². The minimum atomic E-state index is -3.50. The zero-order valence-electron chi connectivity index (χ0n) is 14.6. The number of nitrogens with one attached hydrogen (secondary N) is 2. The Labute approximate surface area is 148 Å². The summed E-state index contributed by atoms with van der Waals surface area (Å²) in [6.07, 6.45) is 0. The number of amides is 1. The standard InChI is InChI=1S/C18H23N3O3S/c1-19-25(23,24)16-11-9-15(10-12-16)18(22)20-13-17(21(2)3)14-7-5-4-6-8-14/h4-12,17,19H,13H2,1-3H3,(H,20,22). The predicted molar refractivity (Wildman–Crippen MR) is 97.9 cm³/mol. The molecule has 0 aromatic heterocycles. The molecular weight excluding hydrogens is 338 g/mol. The molecule has 0 saturated carbocycles. The van der Waals surface area contributed by atoms with Crippen molar-refractivity contribution in [2.24, 2.45) is 0 Å². The molecule has 134 valence electrons. The maximum absolute atomic E-state index is 12.3.